The lowest BCUT2D eigenvalue weighted by atomic mass is 10.2. The summed E-state index contributed by atoms with van der Waals surface area (Å²) in [6.07, 6.45) is 2.83. The fourth-order valence-electron chi connectivity index (χ4n) is 2.92. The van der Waals surface area contributed by atoms with E-state index in [9.17, 15) is 14.4 Å². The third kappa shape index (κ3) is 3.88. The van der Waals surface area contributed by atoms with E-state index in [2.05, 4.69) is 5.32 Å². The Balaban J connectivity index is 1.50. The number of benzene rings is 2. The van der Waals surface area contributed by atoms with Crippen molar-refractivity contribution in [2.45, 2.75) is 13.1 Å². The number of ether oxygens (including phenoxy) is 2. The molecule has 0 fully saturated rings. The monoisotopic (exact) mass is 413 g/mol. The topological polar surface area (TPSA) is 91.6 Å². The lowest BCUT2D eigenvalue weighted by Gasteiger charge is -2.10. The average Bonchev–Trinajstić information content (AvgIpc) is 3.19. The van der Waals surface area contributed by atoms with Crippen LogP contribution < -0.4 is 25.9 Å². The largest absolute Gasteiger partial charge is 0.454 e. The number of halogens is 1. The molecular weight excluding hydrogens is 398 g/mol. The number of hydrogen-bond donors (Lipinski definition) is 1. The second-order valence-electron chi connectivity index (χ2n) is 6.31. The molecule has 0 atom stereocenters. The van der Waals surface area contributed by atoms with Crippen LogP contribution >= 0.6 is 11.6 Å². The Hall–Kier alpha value is -3.52. The van der Waals surface area contributed by atoms with E-state index in [1.807, 2.05) is 6.07 Å². The SMILES string of the molecule is O=C(Cn1ccn(-c2ccc3c(c2)OCO3)c(=O)c1=O)NCc1ccccc1Cl. The first-order chi connectivity index (χ1) is 14.0. The maximum absolute atomic E-state index is 12.5. The molecule has 1 N–H and O–H groups in total. The first kappa shape index (κ1) is 18.8. The van der Waals surface area contributed by atoms with Gasteiger partial charge in [0.05, 0.1) is 5.69 Å². The second kappa shape index (κ2) is 7.84. The molecule has 3 aromatic rings. The van der Waals surface area contributed by atoms with Crippen LogP contribution in [0.25, 0.3) is 5.69 Å². The van der Waals surface area contributed by atoms with Crippen LogP contribution in [0.15, 0.2) is 64.4 Å². The summed E-state index contributed by atoms with van der Waals surface area (Å²) in [5, 5.41) is 3.23. The highest BCUT2D eigenvalue weighted by atomic mass is 35.5. The molecule has 2 heterocycles. The van der Waals surface area contributed by atoms with Crippen molar-refractivity contribution in [1.82, 2.24) is 14.5 Å². The molecule has 1 aliphatic heterocycles. The Kier molecular flexibility index (Phi) is 5.09. The molecule has 0 unspecified atom stereocenters. The summed E-state index contributed by atoms with van der Waals surface area (Å²) in [4.78, 5) is 37.1. The van der Waals surface area contributed by atoms with Crippen LogP contribution in [0, 0.1) is 0 Å². The molecule has 9 heteroatoms. The minimum absolute atomic E-state index is 0.110. The molecule has 0 saturated carbocycles. The van der Waals surface area contributed by atoms with E-state index in [-0.39, 0.29) is 19.9 Å². The van der Waals surface area contributed by atoms with Gasteiger partial charge in [0, 0.05) is 30.0 Å². The first-order valence-corrected chi connectivity index (χ1v) is 9.13. The van der Waals surface area contributed by atoms with Crippen LogP contribution in [0.1, 0.15) is 5.56 Å². The fourth-order valence-corrected chi connectivity index (χ4v) is 3.12. The Morgan fingerprint density at radius 1 is 1.03 bits per heavy atom. The van der Waals surface area contributed by atoms with E-state index in [4.69, 9.17) is 21.1 Å². The van der Waals surface area contributed by atoms with Crippen molar-refractivity contribution in [3.8, 4) is 17.2 Å². The molecule has 1 aliphatic rings. The van der Waals surface area contributed by atoms with Crippen LogP contribution in [0.2, 0.25) is 5.02 Å². The number of amides is 1. The predicted octanol–water partition coefficient (Wildman–Crippen LogP) is 1.70. The molecule has 2 aromatic carbocycles. The maximum atomic E-state index is 12.5. The van der Waals surface area contributed by atoms with Gasteiger partial charge in [-0.05, 0) is 23.8 Å². The highest BCUT2D eigenvalue weighted by molar-refractivity contribution is 6.31. The zero-order valence-electron chi connectivity index (χ0n) is 15.1. The van der Waals surface area contributed by atoms with Crippen LogP contribution in [0.3, 0.4) is 0 Å². The van der Waals surface area contributed by atoms with Crippen LogP contribution in [-0.4, -0.2) is 21.8 Å². The van der Waals surface area contributed by atoms with Crippen molar-refractivity contribution in [3.05, 3.63) is 86.2 Å². The van der Waals surface area contributed by atoms with Crippen molar-refractivity contribution in [1.29, 1.82) is 0 Å². The smallest absolute Gasteiger partial charge is 0.320 e. The Labute approximate surface area is 169 Å². The van der Waals surface area contributed by atoms with Gasteiger partial charge < -0.3 is 14.8 Å². The summed E-state index contributed by atoms with van der Waals surface area (Å²) in [5.74, 6) is 0.662. The van der Waals surface area contributed by atoms with E-state index in [0.29, 0.717) is 22.2 Å². The predicted molar refractivity (Wildman–Crippen MR) is 106 cm³/mol. The normalized spacial score (nSPS) is 12.0. The van der Waals surface area contributed by atoms with Crippen molar-refractivity contribution in [2.75, 3.05) is 6.79 Å². The van der Waals surface area contributed by atoms with Crippen molar-refractivity contribution in [3.63, 3.8) is 0 Å². The third-order valence-corrected chi connectivity index (χ3v) is 4.81. The molecule has 8 nitrogen and oxygen atoms in total. The molecule has 0 spiro atoms. The molecule has 0 bridgehead atoms. The highest BCUT2D eigenvalue weighted by Crippen LogP contribution is 2.33. The van der Waals surface area contributed by atoms with Gasteiger partial charge in [-0.3, -0.25) is 23.5 Å². The van der Waals surface area contributed by atoms with E-state index in [1.165, 1.54) is 17.0 Å². The number of nitrogens with zero attached hydrogens (tertiary/aromatic N) is 2. The van der Waals surface area contributed by atoms with Crippen molar-refractivity contribution >= 4 is 17.5 Å². The molecule has 1 aromatic heterocycles. The lowest BCUT2D eigenvalue weighted by molar-refractivity contribution is -0.121. The third-order valence-electron chi connectivity index (χ3n) is 4.44. The quantitative estimate of drug-likeness (QED) is 0.643. The summed E-state index contributed by atoms with van der Waals surface area (Å²) in [6.45, 7) is 0.0562. The Morgan fingerprint density at radius 3 is 2.66 bits per heavy atom. The molecule has 29 heavy (non-hydrogen) atoms. The molecule has 4 rings (SSSR count). The first-order valence-electron chi connectivity index (χ1n) is 8.75. The number of carbonyl (C=O) groups excluding carboxylic acids is 1. The van der Waals surface area contributed by atoms with Crippen LogP contribution in [0.4, 0.5) is 0 Å². The van der Waals surface area contributed by atoms with Gasteiger partial charge in [-0.1, -0.05) is 29.8 Å². The summed E-state index contributed by atoms with van der Waals surface area (Å²) in [5.41, 5.74) is -0.358. The Morgan fingerprint density at radius 2 is 1.83 bits per heavy atom. The van der Waals surface area contributed by atoms with E-state index < -0.39 is 17.0 Å². The van der Waals surface area contributed by atoms with Gasteiger partial charge in [-0.15, -0.1) is 0 Å². The summed E-state index contributed by atoms with van der Waals surface area (Å²) >= 11 is 6.06. The summed E-state index contributed by atoms with van der Waals surface area (Å²) in [6, 6.07) is 12.1. The van der Waals surface area contributed by atoms with Crippen molar-refractivity contribution in [2.24, 2.45) is 0 Å². The molecule has 1 amide bonds. The van der Waals surface area contributed by atoms with Gasteiger partial charge in [0.15, 0.2) is 11.5 Å². The zero-order valence-corrected chi connectivity index (χ0v) is 15.9. The lowest BCUT2D eigenvalue weighted by Crippen LogP contribution is -2.42. The number of fused-ring (bicyclic) bond motifs is 1. The summed E-state index contributed by atoms with van der Waals surface area (Å²) in [7, 11) is 0. The molecule has 0 radical (unpaired) electrons. The van der Waals surface area contributed by atoms with Gasteiger partial charge in [0.1, 0.15) is 6.54 Å². The zero-order chi connectivity index (χ0) is 20.4. The van der Waals surface area contributed by atoms with Crippen LogP contribution in [-0.2, 0) is 17.9 Å². The van der Waals surface area contributed by atoms with E-state index >= 15 is 0 Å². The van der Waals surface area contributed by atoms with E-state index in [1.54, 1.807) is 36.4 Å². The molecular formula is C20H16ClN3O5. The van der Waals surface area contributed by atoms with Gasteiger partial charge in [-0.25, -0.2) is 0 Å². The number of aromatic nitrogens is 2. The minimum Gasteiger partial charge on any atom is -0.454 e. The Bertz CT molecular complexity index is 1200. The number of nitrogens with one attached hydrogen (secondary N) is 1. The van der Waals surface area contributed by atoms with Gasteiger partial charge in [0.2, 0.25) is 12.7 Å². The van der Waals surface area contributed by atoms with E-state index in [0.717, 1.165) is 10.1 Å². The van der Waals surface area contributed by atoms with Gasteiger partial charge in [-0.2, -0.15) is 0 Å². The fraction of sp³-hybridized carbons (Fsp3) is 0.150. The van der Waals surface area contributed by atoms with Gasteiger partial charge >= 0.3 is 11.1 Å². The average molecular weight is 414 g/mol. The van der Waals surface area contributed by atoms with Crippen molar-refractivity contribution < 1.29 is 14.3 Å². The molecule has 0 aliphatic carbocycles. The van der Waals surface area contributed by atoms with Crippen LogP contribution in [0.5, 0.6) is 11.5 Å². The molecule has 0 saturated heterocycles. The second-order valence-corrected chi connectivity index (χ2v) is 6.72. The number of carbonyl (C=O) groups is 1. The maximum Gasteiger partial charge on any atom is 0.320 e. The standard InChI is InChI=1S/C20H16ClN3O5/c21-15-4-2-1-3-13(15)10-22-18(25)11-23-7-8-24(20(27)19(23)26)14-5-6-16-17(9-14)29-12-28-16/h1-9H,10-12H2,(H,22,25). The number of hydrogen-bond acceptors (Lipinski definition) is 5. The highest BCUT2D eigenvalue weighted by Gasteiger charge is 2.16. The summed E-state index contributed by atoms with van der Waals surface area (Å²) < 4.78 is 12.8. The molecule has 148 valence electrons. The number of rotatable bonds is 5. The van der Waals surface area contributed by atoms with Gasteiger partial charge in [0.25, 0.3) is 0 Å². The minimum atomic E-state index is -0.807.